The number of alkyl halides is 3. The molecule has 1 aliphatic heterocycles. The van der Waals surface area contributed by atoms with E-state index in [4.69, 9.17) is 14.0 Å². The Kier molecular flexibility index (Phi) is 7.76. The van der Waals surface area contributed by atoms with Crippen molar-refractivity contribution in [2.75, 3.05) is 13.2 Å². The van der Waals surface area contributed by atoms with Gasteiger partial charge in [0.05, 0.1) is 11.2 Å². The number of hydrogen-bond donors (Lipinski definition) is 2. The number of rotatable bonds is 7. The standard InChI is InChI=1S/C31H31BF3NO6/c1-29(2)30(3,4)42-32(41-29)20(15-19-16-21(37)13-14-27(19)40-31(33,34)35)17-36-28(38)39-18-26-24-11-7-5-9-22(24)23-10-6-8-12-25(23)26/h5-16,26,37H,17-18H2,1-4H3,(H,36,38). The van der Waals surface area contributed by atoms with Crippen LogP contribution in [0.5, 0.6) is 11.5 Å². The first kappa shape index (κ1) is 29.5. The summed E-state index contributed by atoms with van der Waals surface area (Å²) in [6.07, 6.45) is -4.34. The van der Waals surface area contributed by atoms with E-state index < -0.39 is 36.5 Å². The molecule has 0 atom stereocenters. The number of aromatic hydroxyl groups is 1. The number of ether oxygens (including phenoxy) is 2. The zero-order valence-electron chi connectivity index (χ0n) is 23.6. The normalized spacial score (nSPS) is 17.5. The molecule has 0 radical (unpaired) electrons. The summed E-state index contributed by atoms with van der Waals surface area (Å²) in [4.78, 5) is 12.9. The molecular formula is C31H31BF3NO6. The van der Waals surface area contributed by atoms with E-state index in [1.165, 1.54) is 6.08 Å². The highest BCUT2D eigenvalue weighted by Gasteiger charge is 2.52. The Morgan fingerprint density at radius 3 is 2.12 bits per heavy atom. The molecule has 3 aromatic carbocycles. The molecule has 1 saturated heterocycles. The van der Waals surface area contributed by atoms with E-state index in [9.17, 15) is 23.1 Å². The lowest BCUT2D eigenvalue weighted by Gasteiger charge is -2.32. The minimum atomic E-state index is -4.95. The van der Waals surface area contributed by atoms with Gasteiger partial charge in [0.25, 0.3) is 0 Å². The van der Waals surface area contributed by atoms with Crippen LogP contribution in [0.4, 0.5) is 18.0 Å². The molecule has 220 valence electrons. The summed E-state index contributed by atoms with van der Waals surface area (Å²) < 4.78 is 61.3. The molecule has 1 heterocycles. The van der Waals surface area contributed by atoms with Gasteiger partial charge in [0.2, 0.25) is 0 Å². The van der Waals surface area contributed by atoms with Gasteiger partial charge in [-0.1, -0.05) is 54.6 Å². The summed E-state index contributed by atoms with van der Waals surface area (Å²) >= 11 is 0. The van der Waals surface area contributed by atoms with Crippen molar-refractivity contribution in [2.24, 2.45) is 0 Å². The Labute approximate surface area is 242 Å². The number of alkyl carbamates (subject to hydrolysis) is 1. The summed E-state index contributed by atoms with van der Waals surface area (Å²) in [5.74, 6) is -0.945. The van der Waals surface area contributed by atoms with Crippen LogP contribution in [0, 0.1) is 0 Å². The van der Waals surface area contributed by atoms with Gasteiger partial charge in [0, 0.05) is 18.0 Å². The zero-order valence-corrected chi connectivity index (χ0v) is 23.6. The summed E-state index contributed by atoms with van der Waals surface area (Å²) in [6, 6.07) is 19.1. The molecule has 1 fully saturated rings. The summed E-state index contributed by atoms with van der Waals surface area (Å²) in [6.45, 7) is 7.23. The molecule has 5 rings (SSSR count). The first-order valence-corrected chi connectivity index (χ1v) is 13.5. The van der Waals surface area contributed by atoms with Crippen molar-refractivity contribution < 1.29 is 41.9 Å². The molecule has 0 unspecified atom stereocenters. The summed E-state index contributed by atoms with van der Waals surface area (Å²) in [5.41, 5.74) is 3.00. The van der Waals surface area contributed by atoms with Gasteiger partial charge in [-0.2, -0.15) is 0 Å². The van der Waals surface area contributed by atoms with Crippen LogP contribution in [0.3, 0.4) is 0 Å². The molecule has 0 spiro atoms. The van der Waals surface area contributed by atoms with E-state index in [1.54, 1.807) is 0 Å². The fourth-order valence-electron chi connectivity index (χ4n) is 5.09. The van der Waals surface area contributed by atoms with Crippen LogP contribution in [-0.2, 0) is 14.0 Å². The van der Waals surface area contributed by atoms with Gasteiger partial charge in [0.1, 0.15) is 18.1 Å². The number of amides is 1. The van der Waals surface area contributed by atoms with Crippen LogP contribution in [0.2, 0.25) is 0 Å². The molecule has 3 aromatic rings. The molecule has 7 nitrogen and oxygen atoms in total. The first-order chi connectivity index (χ1) is 19.7. The van der Waals surface area contributed by atoms with Crippen LogP contribution in [0.25, 0.3) is 17.2 Å². The summed E-state index contributed by atoms with van der Waals surface area (Å²) in [5, 5.41) is 12.7. The maximum Gasteiger partial charge on any atom is 0.573 e. The lowest BCUT2D eigenvalue weighted by atomic mass is 9.77. The molecule has 2 aliphatic rings. The highest BCUT2D eigenvalue weighted by Crippen LogP contribution is 2.44. The molecular weight excluding hydrogens is 550 g/mol. The van der Waals surface area contributed by atoms with Gasteiger partial charge in [0.15, 0.2) is 0 Å². The van der Waals surface area contributed by atoms with Crippen molar-refractivity contribution in [3.63, 3.8) is 0 Å². The van der Waals surface area contributed by atoms with Crippen molar-refractivity contribution in [1.29, 1.82) is 0 Å². The average Bonchev–Trinajstić information content (AvgIpc) is 3.35. The quantitative estimate of drug-likeness (QED) is 0.297. The topological polar surface area (TPSA) is 86.2 Å². The van der Waals surface area contributed by atoms with Crippen LogP contribution in [0.15, 0.2) is 72.2 Å². The monoisotopic (exact) mass is 581 g/mol. The molecule has 0 bridgehead atoms. The summed E-state index contributed by atoms with van der Waals surface area (Å²) in [7, 11) is -1.01. The Bertz CT molecular complexity index is 1460. The van der Waals surface area contributed by atoms with E-state index in [2.05, 4.69) is 10.1 Å². The van der Waals surface area contributed by atoms with Gasteiger partial charge in [-0.15, -0.1) is 13.2 Å². The fourth-order valence-corrected chi connectivity index (χ4v) is 5.09. The number of carbonyl (C=O) groups is 1. The van der Waals surface area contributed by atoms with Crippen molar-refractivity contribution in [3.05, 3.63) is 88.9 Å². The second-order valence-corrected chi connectivity index (χ2v) is 11.3. The number of carbonyl (C=O) groups excluding carboxylic acids is 1. The van der Waals surface area contributed by atoms with Gasteiger partial charge >= 0.3 is 19.6 Å². The largest absolute Gasteiger partial charge is 0.573 e. The third kappa shape index (κ3) is 6.12. The fraction of sp³-hybridized carbons (Fsp3) is 0.323. The Morgan fingerprint density at radius 2 is 1.55 bits per heavy atom. The minimum absolute atomic E-state index is 0.0774. The maximum absolute atomic E-state index is 13.1. The van der Waals surface area contributed by atoms with Crippen LogP contribution in [-0.4, -0.2) is 49.0 Å². The number of halogens is 3. The van der Waals surface area contributed by atoms with E-state index in [0.717, 1.165) is 40.5 Å². The molecule has 1 amide bonds. The first-order valence-electron chi connectivity index (χ1n) is 13.5. The number of fused-ring (bicyclic) bond motifs is 3. The lowest BCUT2D eigenvalue weighted by Crippen LogP contribution is -2.41. The average molecular weight is 581 g/mol. The van der Waals surface area contributed by atoms with E-state index in [1.807, 2.05) is 76.2 Å². The molecule has 0 saturated carbocycles. The van der Waals surface area contributed by atoms with Gasteiger partial charge < -0.3 is 29.2 Å². The highest BCUT2D eigenvalue weighted by molar-refractivity contribution is 6.56. The predicted molar refractivity (Wildman–Crippen MR) is 152 cm³/mol. The van der Waals surface area contributed by atoms with Crippen LogP contribution >= 0.6 is 0 Å². The number of phenols is 1. The second kappa shape index (κ2) is 11.0. The molecule has 11 heteroatoms. The molecule has 1 aliphatic carbocycles. The molecule has 42 heavy (non-hydrogen) atoms. The van der Waals surface area contributed by atoms with Crippen LogP contribution in [0.1, 0.15) is 50.3 Å². The lowest BCUT2D eigenvalue weighted by molar-refractivity contribution is -0.274. The number of phenolic OH excluding ortho intramolecular Hbond substituents is 1. The van der Waals surface area contributed by atoms with E-state index >= 15 is 0 Å². The number of nitrogens with one attached hydrogen (secondary N) is 1. The van der Waals surface area contributed by atoms with Gasteiger partial charge in [-0.25, -0.2) is 4.79 Å². The van der Waals surface area contributed by atoms with Crippen molar-refractivity contribution in [2.45, 2.75) is 51.2 Å². The van der Waals surface area contributed by atoms with Crippen molar-refractivity contribution in [1.82, 2.24) is 5.32 Å². The Hall–Kier alpha value is -3.96. The van der Waals surface area contributed by atoms with Crippen molar-refractivity contribution in [3.8, 4) is 22.6 Å². The zero-order chi connectivity index (χ0) is 30.3. The highest BCUT2D eigenvalue weighted by atomic mass is 19.4. The van der Waals surface area contributed by atoms with E-state index in [-0.39, 0.29) is 30.4 Å². The Morgan fingerprint density at radius 1 is 0.976 bits per heavy atom. The molecule has 0 aromatic heterocycles. The third-order valence-electron chi connectivity index (χ3n) is 7.90. The smallest absolute Gasteiger partial charge is 0.508 e. The third-order valence-corrected chi connectivity index (χ3v) is 7.90. The van der Waals surface area contributed by atoms with Gasteiger partial charge in [-0.05, 0) is 73.6 Å². The number of hydrogen-bond acceptors (Lipinski definition) is 6. The predicted octanol–water partition coefficient (Wildman–Crippen LogP) is 6.84. The second-order valence-electron chi connectivity index (χ2n) is 11.3. The molecule has 2 N–H and O–H groups in total. The van der Waals surface area contributed by atoms with E-state index in [0.29, 0.717) is 5.47 Å². The van der Waals surface area contributed by atoms with Gasteiger partial charge in [-0.3, -0.25) is 0 Å². The van der Waals surface area contributed by atoms with Crippen LogP contribution < -0.4 is 10.1 Å². The van der Waals surface area contributed by atoms with Crippen molar-refractivity contribution >= 4 is 19.3 Å². The Balaban J connectivity index is 1.36. The minimum Gasteiger partial charge on any atom is -0.508 e. The SMILES string of the molecule is CC1(C)OB(C(=Cc2cc(O)ccc2OC(F)(F)F)CNC(=O)OCC2c3ccccc3-c3ccccc32)OC1(C)C. The maximum atomic E-state index is 13.1. The number of benzene rings is 3.